The van der Waals surface area contributed by atoms with Crippen molar-refractivity contribution in [2.45, 2.75) is 258 Å². The van der Waals surface area contributed by atoms with Gasteiger partial charge in [-0.3, -0.25) is 0 Å². The number of rotatable bonds is 42. The smallest absolute Gasteiger partial charge is 0.159 e. The normalized spacial score (nSPS) is 11.9. The van der Waals surface area contributed by atoms with Gasteiger partial charge in [-0.2, -0.15) is 0 Å². The lowest BCUT2D eigenvalue weighted by atomic mass is 10.00. The van der Waals surface area contributed by atoms with Gasteiger partial charge in [0.2, 0.25) is 0 Å². The standard InChI is InChI=1S/C62H102N4O3Si2/c1-9-11-13-15-27-33-43-67-57-49-63-61(64-50-57)55-39-41-59(53(47-55)37-31-25-21-17-19-23-29-35-45-70(3,4)5)69-60-42-40-56(62-65-51-58(52-66-62)68-44-34-28-16-14-12-10-2)48-54(60)38-32-26-22-18-20-24-30-36-46-71(6,7)8/h39-42,47-52H,9-38,43-46H2,1-8H3. The van der Waals surface area contributed by atoms with Crippen molar-refractivity contribution in [1.29, 1.82) is 0 Å². The highest BCUT2D eigenvalue weighted by atomic mass is 28.3. The quantitative estimate of drug-likeness (QED) is 0.0323. The van der Waals surface area contributed by atoms with Crippen LogP contribution < -0.4 is 14.2 Å². The topological polar surface area (TPSA) is 79.2 Å². The summed E-state index contributed by atoms with van der Waals surface area (Å²) < 4.78 is 19.1. The predicted molar refractivity (Wildman–Crippen MR) is 310 cm³/mol. The molecule has 396 valence electrons. The Balaban J connectivity index is 1.46. The van der Waals surface area contributed by atoms with Gasteiger partial charge in [0.15, 0.2) is 23.1 Å². The van der Waals surface area contributed by atoms with Gasteiger partial charge in [-0.05, 0) is 86.1 Å². The fourth-order valence-corrected chi connectivity index (χ4v) is 12.1. The Morgan fingerprint density at radius 3 is 1.01 bits per heavy atom. The number of nitrogens with zero attached hydrogens (tertiary/aromatic N) is 4. The third kappa shape index (κ3) is 27.3. The Labute approximate surface area is 437 Å². The first kappa shape index (κ1) is 60.0. The molecule has 0 unspecified atom stereocenters. The summed E-state index contributed by atoms with van der Waals surface area (Å²) in [5, 5.41) is 0. The largest absolute Gasteiger partial charge is 0.490 e. The third-order valence-electron chi connectivity index (χ3n) is 13.9. The highest BCUT2D eigenvalue weighted by Gasteiger charge is 2.16. The van der Waals surface area contributed by atoms with Gasteiger partial charge in [-0.1, -0.05) is 219 Å². The highest BCUT2D eigenvalue weighted by Crippen LogP contribution is 2.35. The molecule has 2 aromatic heterocycles. The molecular formula is C62H102N4O3Si2. The summed E-state index contributed by atoms with van der Waals surface area (Å²) in [6.07, 6.45) is 45.1. The van der Waals surface area contributed by atoms with Gasteiger partial charge >= 0.3 is 0 Å². The molecule has 7 nitrogen and oxygen atoms in total. The number of ether oxygens (including phenoxy) is 3. The maximum Gasteiger partial charge on any atom is 0.159 e. The monoisotopic (exact) mass is 1010 g/mol. The van der Waals surface area contributed by atoms with E-state index in [2.05, 4.69) is 89.5 Å². The minimum atomic E-state index is -0.926. The van der Waals surface area contributed by atoms with Crippen LogP contribution in [0, 0.1) is 0 Å². The van der Waals surface area contributed by atoms with Crippen molar-refractivity contribution in [3.8, 4) is 45.8 Å². The van der Waals surface area contributed by atoms with Crippen LogP contribution in [0.2, 0.25) is 51.4 Å². The molecule has 0 aliphatic carbocycles. The minimum absolute atomic E-state index is 0.708. The first-order valence-corrected chi connectivity index (χ1v) is 36.7. The van der Waals surface area contributed by atoms with Crippen LogP contribution in [-0.4, -0.2) is 49.3 Å². The Kier molecular flexibility index (Phi) is 30.0. The molecule has 0 bridgehead atoms. The summed E-state index contributed by atoms with van der Waals surface area (Å²) >= 11 is 0. The van der Waals surface area contributed by atoms with E-state index in [0.29, 0.717) is 24.9 Å². The lowest BCUT2D eigenvalue weighted by Crippen LogP contribution is -2.18. The fraction of sp³-hybridized carbons (Fsp3) is 0.677. The summed E-state index contributed by atoms with van der Waals surface area (Å²) in [5.41, 5.74) is 4.44. The molecule has 0 saturated carbocycles. The van der Waals surface area contributed by atoms with Crippen molar-refractivity contribution in [2.24, 2.45) is 0 Å². The highest BCUT2D eigenvalue weighted by molar-refractivity contribution is 6.76. The van der Waals surface area contributed by atoms with Crippen molar-refractivity contribution < 1.29 is 14.2 Å². The van der Waals surface area contributed by atoms with E-state index in [-0.39, 0.29) is 0 Å². The molecule has 0 aliphatic rings. The zero-order valence-electron chi connectivity index (χ0n) is 46.8. The van der Waals surface area contributed by atoms with Crippen molar-refractivity contribution in [3.63, 3.8) is 0 Å². The molecule has 4 aromatic rings. The van der Waals surface area contributed by atoms with E-state index in [4.69, 9.17) is 34.1 Å². The summed E-state index contributed by atoms with van der Waals surface area (Å²) in [6, 6.07) is 16.0. The lowest BCUT2D eigenvalue weighted by Gasteiger charge is -2.17. The Morgan fingerprint density at radius 1 is 0.366 bits per heavy atom. The number of hydrogen-bond donors (Lipinski definition) is 0. The van der Waals surface area contributed by atoms with E-state index in [9.17, 15) is 0 Å². The van der Waals surface area contributed by atoms with Gasteiger partial charge < -0.3 is 14.2 Å². The van der Waals surface area contributed by atoms with Gasteiger partial charge in [-0.25, -0.2) is 19.9 Å². The molecule has 71 heavy (non-hydrogen) atoms. The van der Waals surface area contributed by atoms with Crippen LogP contribution in [0.25, 0.3) is 22.8 Å². The Morgan fingerprint density at radius 2 is 0.676 bits per heavy atom. The zero-order valence-corrected chi connectivity index (χ0v) is 48.8. The van der Waals surface area contributed by atoms with Gasteiger partial charge in [0, 0.05) is 27.3 Å². The molecule has 2 heterocycles. The molecule has 0 amide bonds. The van der Waals surface area contributed by atoms with Crippen molar-refractivity contribution in [3.05, 3.63) is 72.3 Å². The zero-order chi connectivity index (χ0) is 50.8. The van der Waals surface area contributed by atoms with Crippen molar-refractivity contribution in [1.82, 2.24) is 19.9 Å². The van der Waals surface area contributed by atoms with Crippen LogP contribution in [0.15, 0.2) is 61.2 Å². The molecule has 0 spiro atoms. The van der Waals surface area contributed by atoms with Crippen LogP contribution >= 0.6 is 0 Å². The predicted octanol–water partition coefficient (Wildman–Crippen LogP) is 19.9. The Bertz CT molecular complexity index is 1820. The molecule has 9 heteroatoms. The minimum Gasteiger partial charge on any atom is -0.490 e. The van der Waals surface area contributed by atoms with Gasteiger partial charge in [0.1, 0.15) is 11.5 Å². The molecule has 0 atom stereocenters. The number of aryl methyl sites for hydroxylation is 2. The van der Waals surface area contributed by atoms with E-state index in [1.807, 2.05) is 24.8 Å². The van der Waals surface area contributed by atoms with Gasteiger partial charge in [-0.15, -0.1) is 0 Å². The van der Waals surface area contributed by atoms with E-state index < -0.39 is 16.1 Å². The van der Waals surface area contributed by atoms with Crippen LogP contribution in [0.1, 0.15) is 205 Å². The van der Waals surface area contributed by atoms with Crippen molar-refractivity contribution >= 4 is 16.1 Å². The summed E-state index contributed by atoms with van der Waals surface area (Å²) in [7, 11) is -1.85. The van der Waals surface area contributed by atoms with Crippen LogP contribution in [0.3, 0.4) is 0 Å². The maximum absolute atomic E-state index is 7.03. The number of aromatic nitrogens is 4. The van der Waals surface area contributed by atoms with E-state index in [1.54, 1.807) is 0 Å². The first-order valence-electron chi connectivity index (χ1n) is 29.3. The van der Waals surface area contributed by atoms with E-state index >= 15 is 0 Å². The molecule has 0 aliphatic heterocycles. The molecule has 0 N–H and O–H groups in total. The summed E-state index contributed by atoms with van der Waals surface area (Å²) in [6.45, 7) is 20.9. The summed E-state index contributed by atoms with van der Waals surface area (Å²) in [5.74, 6) is 4.74. The number of unbranched alkanes of at least 4 members (excludes halogenated alkanes) is 24. The molecule has 2 aromatic carbocycles. The van der Waals surface area contributed by atoms with E-state index in [1.165, 1.54) is 177 Å². The second kappa shape index (κ2) is 35.6. The first-order chi connectivity index (χ1) is 34.4. The fourth-order valence-electron chi connectivity index (χ4n) is 9.43. The van der Waals surface area contributed by atoms with Gasteiger partial charge in [0.25, 0.3) is 0 Å². The SMILES string of the molecule is CCCCCCCCOc1cnc(-c2ccc(Oc3ccc(-c4ncc(OCCCCCCCC)cn4)cc3CCCCCCCCCC[Si](C)(C)C)c(CCCCCCCCCC[Si](C)(C)C)c2)nc1. The molecule has 0 saturated heterocycles. The lowest BCUT2D eigenvalue weighted by molar-refractivity contribution is 0.302. The molecular weight excluding hydrogens is 905 g/mol. The average Bonchev–Trinajstić information content (AvgIpc) is 3.35. The molecule has 0 radical (unpaired) electrons. The molecule has 0 fully saturated rings. The van der Waals surface area contributed by atoms with Crippen LogP contribution in [-0.2, 0) is 12.8 Å². The summed E-state index contributed by atoms with van der Waals surface area (Å²) in [4.78, 5) is 19.1. The van der Waals surface area contributed by atoms with Crippen LogP contribution in [0.5, 0.6) is 23.0 Å². The molecule has 4 rings (SSSR count). The maximum atomic E-state index is 7.03. The van der Waals surface area contributed by atoms with Crippen molar-refractivity contribution in [2.75, 3.05) is 13.2 Å². The Hall–Kier alpha value is -3.57. The van der Waals surface area contributed by atoms with Gasteiger partial charge in [0.05, 0.1) is 38.0 Å². The average molecular weight is 1010 g/mol. The second-order valence-electron chi connectivity index (χ2n) is 23.2. The van der Waals surface area contributed by atoms with Crippen LogP contribution in [0.4, 0.5) is 0 Å². The second-order valence-corrected chi connectivity index (χ2v) is 34.5. The third-order valence-corrected chi connectivity index (χ3v) is 17.6. The number of benzene rings is 2. The number of hydrogen-bond acceptors (Lipinski definition) is 7. The van der Waals surface area contributed by atoms with E-state index in [0.717, 1.165) is 72.6 Å².